The lowest BCUT2D eigenvalue weighted by atomic mass is 10.2. The number of anilines is 2. The van der Waals surface area contributed by atoms with Crippen molar-refractivity contribution in [3.8, 4) is 0 Å². The molecule has 2 aromatic rings. The van der Waals surface area contributed by atoms with Crippen LogP contribution in [0.5, 0.6) is 0 Å². The average Bonchev–Trinajstić information content (AvgIpc) is 2.88. The number of amides is 2. The van der Waals surface area contributed by atoms with Crippen LogP contribution in [0.3, 0.4) is 0 Å². The Balaban J connectivity index is 0.000000185. The van der Waals surface area contributed by atoms with E-state index < -0.39 is 5.91 Å². The molecule has 0 radical (unpaired) electrons. The zero-order valence-corrected chi connectivity index (χ0v) is 14.2. The quantitative estimate of drug-likeness (QED) is 0.819. The van der Waals surface area contributed by atoms with E-state index in [0.29, 0.717) is 28.7 Å². The molecule has 0 aromatic heterocycles. The number of benzene rings is 2. The number of nitrogens with zero attached hydrogens (tertiary/aromatic N) is 1. The van der Waals surface area contributed by atoms with E-state index in [-0.39, 0.29) is 5.91 Å². The van der Waals surface area contributed by atoms with Crippen molar-refractivity contribution in [2.24, 2.45) is 5.73 Å². The van der Waals surface area contributed by atoms with E-state index in [1.165, 1.54) is 0 Å². The Bertz CT molecular complexity index is 714. The second-order valence-electron chi connectivity index (χ2n) is 5.61. The van der Waals surface area contributed by atoms with Gasteiger partial charge in [-0.25, -0.2) is 0 Å². The van der Waals surface area contributed by atoms with Gasteiger partial charge < -0.3 is 16.4 Å². The Morgan fingerprint density at radius 3 is 2.17 bits per heavy atom. The van der Waals surface area contributed by atoms with Crippen LogP contribution in [0.15, 0.2) is 48.5 Å². The molecule has 24 heavy (non-hydrogen) atoms. The lowest BCUT2D eigenvalue weighted by molar-refractivity contribution is -0.117. The maximum Gasteiger partial charge on any atom is 0.248 e. The van der Waals surface area contributed by atoms with E-state index in [2.05, 4.69) is 6.92 Å². The summed E-state index contributed by atoms with van der Waals surface area (Å²) in [5.41, 5.74) is 12.4. The number of nitrogens with two attached hydrogens (primary N) is 2. The van der Waals surface area contributed by atoms with Gasteiger partial charge in [0.25, 0.3) is 0 Å². The molecule has 6 heteroatoms. The van der Waals surface area contributed by atoms with E-state index in [9.17, 15) is 9.59 Å². The van der Waals surface area contributed by atoms with Crippen molar-refractivity contribution in [2.75, 3.05) is 10.6 Å². The Hall–Kier alpha value is -2.53. The van der Waals surface area contributed by atoms with Gasteiger partial charge in [-0.15, -0.1) is 0 Å². The first-order valence-corrected chi connectivity index (χ1v) is 7.99. The van der Waals surface area contributed by atoms with E-state index in [0.717, 1.165) is 12.1 Å². The van der Waals surface area contributed by atoms with Gasteiger partial charge in [0.15, 0.2) is 0 Å². The second-order valence-corrected chi connectivity index (χ2v) is 6.05. The van der Waals surface area contributed by atoms with Crippen LogP contribution in [0.2, 0.25) is 5.02 Å². The fourth-order valence-corrected chi connectivity index (χ4v) is 2.60. The van der Waals surface area contributed by atoms with E-state index in [1.807, 2.05) is 29.2 Å². The molecule has 1 unspecified atom stereocenters. The minimum atomic E-state index is -0.431. The maximum atomic E-state index is 11.6. The molecule has 1 aliphatic heterocycles. The minimum Gasteiger partial charge on any atom is -0.399 e. The number of carbonyl (C=O) groups excluding carboxylic acids is 2. The van der Waals surface area contributed by atoms with Crippen LogP contribution in [0.1, 0.15) is 30.1 Å². The van der Waals surface area contributed by atoms with Crippen molar-refractivity contribution in [3.05, 3.63) is 59.1 Å². The first-order valence-electron chi connectivity index (χ1n) is 7.61. The first kappa shape index (κ1) is 17.8. The minimum absolute atomic E-state index is 0.208. The van der Waals surface area contributed by atoms with E-state index in [1.54, 1.807) is 24.3 Å². The molecule has 0 bridgehead atoms. The zero-order chi connectivity index (χ0) is 17.7. The number of hydrogen-bond acceptors (Lipinski definition) is 3. The highest BCUT2D eigenvalue weighted by molar-refractivity contribution is 6.30. The molecule has 2 amide bonds. The molecule has 1 atom stereocenters. The molecule has 3 rings (SSSR count). The van der Waals surface area contributed by atoms with Crippen LogP contribution in [-0.4, -0.2) is 17.9 Å². The molecular formula is C18H20ClN3O2. The first-order chi connectivity index (χ1) is 11.4. The highest BCUT2D eigenvalue weighted by Gasteiger charge is 2.28. The van der Waals surface area contributed by atoms with Gasteiger partial charge in [-0.05, 0) is 61.9 Å². The maximum absolute atomic E-state index is 11.6. The fraction of sp³-hybridized carbons (Fsp3) is 0.222. The Morgan fingerprint density at radius 2 is 1.71 bits per heavy atom. The number of rotatable bonds is 2. The molecule has 126 valence electrons. The van der Waals surface area contributed by atoms with Gasteiger partial charge in [0.2, 0.25) is 11.8 Å². The predicted molar refractivity (Wildman–Crippen MR) is 97.0 cm³/mol. The highest BCUT2D eigenvalue weighted by atomic mass is 35.5. The largest absolute Gasteiger partial charge is 0.399 e. The van der Waals surface area contributed by atoms with E-state index in [4.69, 9.17) is 23.1 Å². The van der Waals surface area contributed by atoms with Crippen LogP contribution in [-0.2, 0) is 4.79 Å². The number of nitrogen functional groups attached to an aromatic ring is 1. The van der Waals surface area contributed by atoms with Crippen LogP contribution >= 0.6 is 11.6 Å². The van der Waals surface area contributed by atoms with Crippen LogP contribution < -0.4 is 16.4 Å². The Kier molecular flexibility index (Phi) is 5.82. The third-order valence-corrected chi connectivity index (χ3v) is 4.04. The van der Waals surface area contributed by atoms with Gasteiger partial charge in [0, 0.05) is 34.4 Å². The van der Waals surface area contributed by atoms with Crippen molar-refractivity contribution in [2.45, 2.75) is 25.8 Å². The number of halogens is 1. The predicted octanol–water partition coefficient (Wildman–Crippen LogP) is 3.22. The van der Waals surface area contributed by atoms with Gasteiger partial charge in [-0.3, -0.25) is 9.59 Å². The van der Waals surface area contributed by atoms with Crippen molar-refractivity contribution in [1.29, 1.82) is 0 Å². The SMILES string of the molecule is CC1CCC(=O)N1c1ccc(Cl)cc1.NC(=O)c1ccc(N)cc1. The zero-order valence-electron chi connectivity index (χ0n) is 13.4. The molecule has 4 N–H and O–H groups in total. The fourth-order valence-electron chi connectivity index (χ4n) is 2.48. The van der Waals surface area contributed by atoms with Crippen LogP contribution in [0.4, 0.5) is 11.4 Å². The molecule has 2 aromatic carbocycles. The number of carbonyl (C=O) groups is 2. The summed E-state index contributed by atoms with van der Waals surface area (Å²) >= 11 is 5.79. The summed E-state index contributed by atoms with van der Waals surface area (Å²) in [4.78, 5) is 23.9. The van der Waals surface area contributed by atoms with Crippen molar-refractivity contribution in [3.63, 3.8) is 0 Å². The number of hydrogen-bond donors (Lipinski definition) is 2. The molecule has 1 aliphatic rings. The highest BCUT2D eigenvalue weighted by Crippen LogP contribution is 2.27. The topological polar surface area (TPSA) is 89.4 Å². The summed E-state index contributed by atoms with van der Waals surface area (Å²) in [5, 5.41) is 0.702. The van der Waals surface area contributed by atoms with Crippen molar-refractivity contribution >= 4 is 34.8 Å². The Labute approximate surface area is 146 Å². The smallest absolute Gasteiger partial charge is 0.248 e. The standard InChI is InChI=1S/C11H12ClNO.C7H8N2O/c1-8-2-7-11(14)13(8)10-5-3-9(12)4-6-10;8-6-3-1-5(2-4-6)7(9)10/h3-6,8H,2,7H2,1H3;1-4H,8H2,(H2,9,10). The van der Waals surface area contributed by atoms with Gasteiger partial charge in [0.1, 0.15) is 0 Å². The summed E-state index contributed by atoms with van der Waals surface area (Å²) in [6.07, 6.45) is 1.60. The molecule has 1 heterocycles. The number of primary amides is 1. The lowest BCUT2D eigenvalue weighted by Gasteiger charge is -2.21. The molecule has 0 saturated carbocycles. The molecule has 0 aliphatic carbocycles. The lowest BCUT2D eigenvalue weighted by Crippen LogP contribution is -2.30. The summed E-state index contributed by atoms with van der Waals surface area (Å²) in [7, 11) is 0. The van der Waals surface area contributed by atoms with Crippen LogP contribution in [0, 0.1) is 0 Å². The average molecular weight is 346 g/mol. The van der Waals surface area contributed by atoms with Gasteiger partial charge >= 0.3 is 0 Å². The third kappa shape index (κ3) is 4.49. The molecule has 1 saturated heterocycles. The summed E-state index contributed by atoms with van der Waals surface area (Å²) in [5.74, 6) is -0.222. The monoisotopic (exact) mass is 345 g/mol. The summed E-state index contributed by atoms with van der Waals surface area (Å²) in [6, 6.07) is 14.2. The van der Waals surface area contributed by atoms with Gasteiger partial charge in [0.05, 0.1) is 0 Å². The second kappa shape index (κ2) is 7.84. The van der Waals surface area contributed by atoms with Crippen LogP contribution in [0.25, 0.3) is 0 Å². The third-order valence-electron chi connectivity index (χ3n) is 3.79. The summed E-state index contributed by atoms with van der Waals surface area (Å²) in [6.45, 7) is 2.07. The van der Waals surface area contributed by atoms with Crippen molar-refractivity contribution < 1.29 is 9.59 Å². The van der Waals surface area contributed by atoms with E-state index >= 15 is 0 Å². The Morgan fingerprint density at radius 1 is 1.12 bits per heavy atom. The normalized spacial score (nSPS) is 16.5. The van der Waals surface area contributed by atoms with Gasteiger partial charge in [-0.2, -0.15) is 0 Å². The van der Waals surface area contributed by atoms with Gasteiger partial charge in [-0.1, -0.05) is 11.6 Å². The molecular weight excluding hydrogens is 326 g/mol. The molecule has 0 spiro atoms. The summed E-state index contributed by atoms with van der Waals surface area (Å²) < 4.78 is 0. The van der Waals surface area contributed by atoms with Crippen molar-refractivity contribution in [1.82, 2.24) is 0 Å². The molecule has 5 nitrogen and oxygen atoms in total. The molecule has 1 fully saturated rings.